The zero-order chi connectivity index (χ0) is 15.5. The van der Waals surface area contributed by atoms with Gasteiger partial charge in [-0.1, -0.05) is 24.6 Å². The lowest BCUT2D eigenvalue weighted by Crippen LogP contribution is -2.11. The quantitative estimate of drug-likeness (QED) is 0.778. The Balaban J connectivity index is 1.97. The summed E-state index contributed by atoms with van der Waals surface area (Å²) in [6, 6.07) is 10.9. The van der Waals surface area contributed by atoms with Gasteiger partial charge in [0.05, 0.1) is 5.56 Å². The topological polar surface area (TPSA) is 46.9 Å². The molecule has 0 saturated heterocycles. The summed E-state index contributed by atoms with van der Waals surface area (Å²) in [4.78, 5) is 16.9. The molecule has 0 aliphatic heterocycles. The Labute approximate surface area is 133 Å². The molecule has 1 aromatic carbocycles. The van der Waals surface area contributed by atoms with Crippen LogP contribution >= 0.6 is 11.6 Å². The molecule has 1 amide bonds. The third-order valence-electron chi connectivity index (χ3n) is 3.43. The van der Waals surface area contributed by atoms with Crippen LogP contribution < -0.4 is 5.32 Å². The summed E-state index contributed by atoms with van der Waals surface area (Å²) in [6.07, 6.45) is 4.59. The van der Waals surface area contributed by atoms with Crippen molar-refractivity contribution in [2.24, 2.45) is 0 Å². The van der Waals surface area contributed by atoms with Crippen molar-refractivity contribution in [2.45, 2.75) is 19.9 Å². The van der Waals surface area contributed by atoms with Gasteiger partial charge in [0.2, 0.25) is 0 Å². The first kappa shape index (κ1) is 14.6. The summed E-state index contributed by atoms with van der Waals surface area (Å²) >= 11 is 5.95. The molecule has 0 unspecified atom stereocenters. The predicted octanol–water partition coefficient (Wildman–Crippen LogP) is 4.35. The van der Waals surface area contributed by atoms with Gasteiger partial charge >= 0.3 is 0 Å². The summed E-state index contributed by atoms with van der Waals surface area (Å²) in [5.41, 5.74) is 2.13. The van der Waals surface area contributed by atoms with Crippen molar-refractivity contribution in [3.05, 3.63) is 59.4 Å². The summed E-state index contributed by atoms with van der Waals surface area (Å²) in [5, 5.41) is 4.33. The number of nitrogens with one attached hydrogen (secondary N) is 1. The number of carbonyl (C=O) groups excluding carboxylic acids is 1. The Kier molecular flexibility index (Phi) is 4.11. The van der Waals surface area contributed by atoms with E-state index in [2.05, 4.69) is 17.2 Å². The first-order valence-electron chi connectivity index (χ1n) is 7.20. The number of amides is 1. The van der Waals surface area contributed by atoms with Crippen LogP contribution in [0.4, 0.5) is 5.69 Å². The van der Waals surface area contributed by atoms with Crippen LogP contribution in [0.5, 0.6) is 0 Å². The Morgan fingerprint density at radius 2 is 2.18 bits per heavy atom. The molecule has 2 aromatic heterocycles. The fourth-order valence-corrected chi connectivity index (χ4v) is 2.67. The predicted molar refractivity (Wildman–Crippen MR) is 89.4 cm³/mol. The standard InChI is InChI=1S/C17H16ClN3O/c1-2-9-21-11-15(14-7-4-8-19-16(14)21)17(22)20-13-6-3-5-12(18)10-13/h3-8,10-11H,2,9H2,1H3,(H,20,22). The number of hydrogen-bond donors (Lipinski definition) is 1. The Morgan fingerprint density at radius 1 is 1.32 bits per heavy atom. The molecule has 2 heterocycles. The van der Waals surface area contributed by atoms with Gasteiger partial charge in [-0.2, -0.15) is 0 Å². The molecule has 3 rings (SSSR count). The smallest absolute Gasteiger partial charge is 0.257 e. The number of benzene rings is 1. The van der Waals surface area contributed by atoms with Crippen LogP contribution in [0.3, 0.4) is 0 Å². The second-order valence-electron chi connectivity index (χ2n) is 5.08. The molecule has 0 aliphatic carbocycles. The lowest BCUT2D eigenvalue weighted by Gasteiger charge is -2.04. The Bertz CT molecular complexity index is 826. The van der Waals surface area contributed by atoms with Crippen molar-refractivity contribution in [1.29, 1.82) is 0 Å². The van der Waals surface area contributed by atoms with Crippen LogP contribution in [0.2, 0.25) is 5.02 Å². The highest BCUT2D eigenvalue weighted by atomic mass is 35.5. The average molecular weight is 314 g/mol. The van der Waals surface area contributed by atoms with Crippen LogP contribution in [-0.4, -0.2) is 15.5 Å². The third kappa shape index (κ3) is 2.83. The van der Waals surface area contributed by atoms with Crippen LogP contribution in [0.1, 0.15) is 23.7 Å². The second kappa shape index (κ2) is 6.20. The number of aryl methyl sites for hydroxylation is 1. The number of halogens is 1. The zero-order valence-electron chi connectivity index (χ0n) is 12.2. The van der Waals surface area contributed by atoms with Gasteiger partial charge in [-0.25, -0.2) is 4.98 Å². The largest absolute Gasteiger partial charge is 0.332 e. The molecule has 1 N–H and O–H groups in total. The molecule has 0 saturated carbocycles. The fraction of sp³-hybridized carbons (Fsp3) is 0.176. The lowest BCUT2D eigenvalue weighted by atomic mass is 10.2. The van der Waals surface area contributed by atoms with E-state index in [0.717, 1.165) is 24.0 Å². The normalized spacial score (nSPS) is 10.8. The molecule has 4 nitrogen and oxygen atoms in total. The van der Waals surface area contributed by atoms with Gasteiger partial charge in [0.15, 0.2) is 0 Å². The zero-order valence-corrected chi connectivity index (χ0v) is 13.0. The van der Waals surface area contributed by atoms with Gasteiger partial charge < -0.3 is 9.88 Å². The molecular weight excluding hydrogens is 298 g/mol. The Morgan fingerprint density at radius 3 is 2.95 bits per heavy atom. The van der Waals surface area contributed by atoms with E-state index in [9.17, 15) is 4.79 Å². The number of carbonyl (C=O) groups is 1. The maximum Gasteiger partial charge on any atom is 0.257 e. The number of pyridine rings is 1. The maximum atomic E-state index is 12.6. The molecule has 5 heteroatoms. The second-order valence-corrected chi connectivity index (χ2v) is 5.51. The van der Waals surface area contributed by atoms with E-state index in [0.29, 0.717) is 16.3 Å². The molecule has 0 fully saturated rings. The van der Waals surface area contributed by atoms with Crippen LogP contribution in [0.25, 0.3) is 11.0 Å². The van der Waals surface area contributed by atoms with Crippen LogP contribution in [0, 0.1) is 0 Å². The van der Waals surface area contributed by atoms with Gasteiger partial charge in [-0.05, 0) is 36.8 Å². The minimum Gasteiger partial charge on any atom is -0.332 e. The number of aromatic nitrogens is 2. The van der Waals surface area contributed by atoms with Crippen molar-refractivity contribution in [2.75, 3.05) is 5.32 Å². The van der Waals surface area contributed by atoms with E-state index >= 15 is 0 Å². The van der Waals surface area contributed by atoms with Crippen molar-refractivity contribution in [3.8, 4) is 0 Å². The van der Waals surface area contributed by atoms with E-state index in [4.69, 9.17) is 11.6 Å². The summed E-state index contributed by atoms with van der Waals surface area (Å²) in [7, 11) is 0. The Hall–Kier alpha value is -2.33. The minimum atomic E-state index is -0.157. The SMILES string of the molecule is CCCn1cc(C(=O)Nc2cccc(Cl)c2)c2cccnc21. The highest BCUT2D eigenvalue weighted by Crippen LogP contribution is 2.22. The van der Waals surface area contributed by atoms with Gasteiger partial charge in [0, 0.05) is 35.0 Å². The molecular formula is C17H16ClN3O. The monoisotopic (exact) mass is 313 g/mol. The number of hydrogen-bond acceptors (Lipinski definition) is 2. The first-order chi connectivity index (χ1) is 10.7. The van der Waals surface area contributed by atoms with Gasteiger partial charge in [-0.15, -0.1) is 0 Å². The molecule has 3 aromatic rings. The highest BCUT2D eigenvalue weighted by molar-refractivity contribution is 6.31. The molecule has 0 radical (unpaired) electrons. The maximum absolute atomic E-state index is 12.6. The van der Waals surface area contributed by atoms with E-state index in [1.807, 2.05) is 29.0 Å². The van der Waals surface area contributed by atoms with E-state index < -0.39 is 0 Å². The van der Waals surface area contributed by atoms with Crippen LogP contribution in [0.15, 0.2) is 48.8 Å². The van der Waals surface area contributed by atoms with Gasteiger partial charge in [0.25, 0.3) is 5.91 Å². The minimum absolute atomic E-state index is 0.157. The summed E-state index contributed by atoms with van der Waals surface area (Å²) < 4.78 is 2.02. The highest BCUT2D eigenvalue weighted by Gasteiger charge is 2.15. The van der Waals surface area contributed by atoms with Gasteiger partial charge in [-0.3, -0.25) is 4.79 Å². The van der Waals surface area contributed by atoms with E-state index in [1.54, 1.807) is 24.4 Å². The van der Waals surface area contributed by atoms with E-state index in [1.165, 1.54) is 0 Å². The summed E-state index contributed by atoms with van der Waals surface area (Å²) in [6.45, 7) is 2.93. The number of fused-ring (bicyclic) bond motifs is 1. The molecule has 0 atom stereocenters. The number of rotatable bonds is 4. The summed E-state index contributed by atoms with van der Waals surface area (Å²) in [5.74, 6) is -0.157. The number of nitrogens with zero attached hydrogens (tertiary/aromatic N) is 2. The van der Waals surface area contributed by atoms with Crippen molar-refractivity contribution in [1.82, 2.24) is 9.55 Å². The van der Waals surface area contributed by atoms with E-state index in [-0.39, 0.29) is 5.91 Å². The molecule has 22 heavy (non-hydrogen) atoms. The molecule has 0 aliphatic rings. The van der Waals surface area contributed by atoms with Crippen LogP contribution in [-0.2, 0) is 6.54 Å². The van der Waals surface area contributed by atoms with Gasteiger partial charge in [0.1, 0.15) is 5.65 Å². The molecule has 0 bridgehead atoms. The molecule has 112 valence electrons. The molecule has 0 spiro atoms. The fourth-order valence-electron chi connectivity index (χ4n) is 2.48. The third-order valence-corrected chi connectivity index (χ3v) is 3.66. The first-order valence-corrected chi connectivity index (χ1v) is 7.57. The average Bonchev–Trinajstić information content (AvgIpc) is 2.87. The number of anilines is 1. The van der Waals surface area contributed by atoms with Crippen molar-refractivity contribution < 1.29 is 4.79 Å². The van der Waals surface area contributed by atoms with Crippen molar-refractivity contribution in [3.63, 3.8) is 0 Å². The van der Waals surface area contributed by atoms with Crippen molar-refractivity contribution >= 4 is 34.2 Å². The lowest BCUT2D eigenvalue weighted by molar-refractivity contribution is 0.102.